The normalized spacial score (nSPS) is 12.2. The highest BCUT2D eigenvalue weighted by molar-refractivity contribution is 5.98. The first-order valence-corrected chi connectivity index (χ1v) is 20.0. The molecule has 2 aromatic rings. The molecule has 0 bridgehead atoms. The minimum Gasteiger partial charge on any atom is -0.507 e. The van der Waals surface area contributed by atoms with Crippen LogP contribution in [0.25, 0.3) is 0 Å². The molecule has 0 aliphatic heterocycles. The van der Waals surface area contributed by atoms with Crippen LogP contribution < -0.4 is 21.7 Å². The van der Waals surface area contributed by atoms with Gasteiger partial charge in [-0.1, -0.05) is 117 Å². The minimum absolute atomic E-state index is 0.119. The average molecular weight is 723 g/mol. The zero-order valence-corrected chi connectivity index (χ0v) is 32.3. The van der Waals surface area contributed by atoms with Crippen LogP contribution in [0.1, 0.15) is 175 Å². The summed E-state index contributed by atoms with van der Waals surface area (Å²) in [4.78, 5) is 51.9. The number of unbranched alkanes of at least 4 members (excludes halogenated alkanes) is 10. The molecule has 0 saturated carbocycles. The van der Waals surface area contributed by atoms with Gasteiger partial charge in [0.1, 0.15) is 11.5 Å². The second-order valence-corrected chi connectivity index (χ2v) is 14.1. The summed E-state index contributed by atoms with van der Waals surface area (Å²) in [6, 6.07) is 10.1. The summed E-state index contributed by atoms with van der Waals surface area (Å²) in [5.74, 6) is -2.84. The molecule has 4 amide bonds. The van der Waals surface area contributed by atoms with Gasteiger partial charge in [-0.3, -0.25) is 40.9 Å². The van der Waals surface area contributed by atoms with Gasteiger partial charge in [-0.2, -0.15) is 0 Å². The van der Waals surface area contributed by atoms with Crippen LogP contribution in [0.4, 0.5) is 0 Å². The first-order chi connectivity index (χ1) is 25.1. The predicted molar refractivity (Wildman–Crippen MR) is 208 cm³/mol. The monoisotopic (exact) mass is 722 g/mol. The Hall–Kier alpha value is -4.08. The number of hydrogen-bond acceptors (Lipinski definition) is 6. The van der Waals surface area contributed by atoms with E-state index in [1.807, 2.05) is 26.0 Å². The quantitative estimate of drug-likeness (QED) is 0.0445. The molecule has 2 aromatic carbocycles. The van der Waals surface area contributed by atoms with E-state index in [1.54, 1.807) is 12.1 Å². The number of carbonyl (C=O) groups excluding carboxylic acids is 4. The molecule has 0 aromatic heterocycles. The maximum absolute atomic E-state index is 13.1. The standard InChI is InChI=1S/C42H66N4O6/c1-5-9-11-13-15-17-21-31-25-27-37(47)35(29-31)41(51)45-43-39(49)33(8-4)23-19-24-34(20-7-3)40(50)44-46-42(52)36-30-32(26-28-38(36)48)22-18-16-14-12-10-6-2/h25-30,33-34,47-48H,5-24H2,1-4H3,(H,43,49)(H,44,50)(H,45,51)(H,46,52). The second-order valence-electron chi connectivity index (χ2n) is 14.1. The fraction of sp³-hybridized carbons (Fsp3) is 0.619. The number of phenolic OH excluding ortho intramolecular Hbond substituents is 2. The molecule has 2 unspecified atom stereocenters. The molecule has 10 heteroatoms. The molecule has 52 heavy (non-hydrogen) atoms. The van der Waals surface area contributed by atoms with Crippen molar-refractivity contribution in [2.24, 2.45) is 11.8 Å². The molecule has 0 saturated heterocycles. The molecule has 0 spiro atoms. The van der Waals surface area contributed by atoms with Crippen LogP contribution in [0.5, 0.6) is 11.5 Å². The number of rotatable bonds is 25. The zero-order chi connectivity index (χ0) is 38.1. The Morgan fingerprint density at radius 3 is 1.37 bits per heavy atom. The molecule has 0 radical (unpaired) electrons. The van der Waals surface area contributed by atoms with E-state index >= 15 is 0 Å². The number of nitrogens with one attached hydrogen (secondary N) is 4. The number of hydrogen-bond donors (Lipinski definition) is 6. The summed E-state index contributed by atoms with van der Waals surface area (Å²) in [6.07, 6.45) is 19.2. The van der Waals surface area contributed by atoms with Crippen LogP contribution in [0.15, 0.2) is 36.4 Å². The Morgan fingerprint density at radius 2 is 0.923 bits per heavy atom. The Morgan fingerprint density at radius 1 is 0.500 bits per heavy atom. The van der Waals surface area contributed by atoms with Crippen LogP contribution in [0.2, 0.25) is 0 Å². The third-order valence-corrected chi connectivity index (χ3v) is 9.82. The lowest BCUT2D eigenvalue weighted by molar-refractivity contribution is -0.126. The van der Waals surface area contributed by atoms with Crippen LogP contribution >= 0.6 is 0 Å². The van der Waals surface area contributed by atoms with Crippen molar-refractivity contribution in [2.45, 2.75) is 156 Å². The van der Waals surface area contributed by atoms with Gasteiger partial charge in [-0.25, -0.2) is 0 Å². The Bertz CT molecular complexity index is 1380. The highest BCUT2D eigenvalue weighted by Gasteiger charge is 2.23. The van der Waals surface area contributed by atoms with Crippen LogP contribution in [0, 0.1) is 11.8 Å². The van der Waals surface area contributed by atoms with E-state index in [0.29, 0.717) is 32.1 Å². The molecule has 2 rings (SSSR count). The number of carbonyl (C=O) groups is 4. The molecule has 0 aliphatic rings. The van der Waals surface area contributed by atoms with E-state index in [1.165, 1.54) is 63.5 Å². The van der Waals surface area contributed by atoms with Crippen LogP contribution in [-0.4, -0.2) is 33.8 Å². The summed E-state index contributed by atoms with van der Waals surface area (Å²) >= 11 is 0. The highest BCUT2D eigenvalue weighted by Crippen LogP contribution is 2.23. The molecule has 2 atom stereocenters. The number of aromatic hydroxyl groups is 2. The predicted octanol–water partition coefficient (Wildman–Crippen LogP) is 8.74. The number of hydrazine groups is 2. The van der Waals surface area contributed by atoms with Crippen LogP contribution in [0.3, 0.4) is 0 Å². The van der Waals surface area contributed by atoms with E-state index in [-0.39, 0.29) is 46.3 Å². The molecule has 0 aliphatic carbocycles. The van der Waals surface area contributed by atoms with E-state index in [2.05, 4.69) is 35.6 Å². The van der Waals surface area contributed by atoms with Gasteiger partial charge in [0.2, 0.25) is 11.8 Å². The first-order valence-electron chi connectivity index (χ1n) is 20.0. The van der Waals surface area contributed by atoms with Gasteiger partial charge < -0.3 is 10.2 Å². The largest absolute Gasteiger partial charge is 0.507 e. The molecule has 6 N–H and O–H groups in total. The Kier molecular flexibility index (Phi) is 21.9. The summed E-state index contributed by atoms with van der Waals surface area (Å²) < 4.78 is 0. The van der Waals surface area contributed by atoms with Crippen molar-refractivity contribution in [3.8, 4) is 11.5 Å². The minimum atomic E-state index is -0.579. The van der Waals surface area contributed by atoms with Crippen LogP contribution in [-0.2, 0) is 22.4 Å². The van der Waals surface area contributed by atoms with Crippen molar-refractivity contribution in [1.82, 2.24) is 21.7 Å². The third-order valence-electron chi connectivity index (χ3n) is 9.82. The molecular weight excluding hydrogens is 656 g/mol. The molecular formula is C42H66N4O6. The number of benzene rings is 2. The van der Waals surface area contributed by atoms with Gasteiger partial charge in [0.25, 0.3) is 11.8 Å². The van der Waals surface area contributed by atoms with E-state index in [0.717, 1.165) is 56.1 Å². The summed E-state index contributed by atoms with van der Waals surface area (Å²) in [7, 11) is 0. The van der Waals surface area contributed by atoms with Gasteiger partial charge >= 0.3 is 0 Å². The second kappa shape index (κ2) is 25.8. The zero-order valence-electron chi connectivity index (χ0n) is 32.3. The molecule has 290 valence electrons. The SMILES string of the molecule is CCCCCCCCc1ccc(O)c(C(=O)NNC(=O)C(CC)CCCC(CCC)C(=O)NNC(=O)c2cc(CCCCCCCC)ccc2O)c1. The summed E-state index contributed by atoms with van der Waals surface area (Å²) in [5.41, 5.74) is 12.2. The van der Waals surface area contributed by atoms with Crippen molar-refractivity contribution in [3.63, 3.8) is 0 Å². The highest BCUT2D eigenvalue weighted by atomic mass is 16.3. The lowest BCUT2D eigenvalue weighted by atomic mass is 9.92. The Labute approximate surface area is 312 Å². The number of amides is 4. The van der Waals surface area contributed by atoms with Crippen molar-refractivity contribution < 1.29 is 29.4 Å². The smallest absolute Gasteiger partial charge is 0.273 e. The lowest BCUT2D eigenvalue weighted by Crippen LogP contribution is -2.45. The molecule has 0 fully saturated rings. The van der Waals surface area contributed by atoms with Crippen molar-refractivity contribution in [1.29, 1.82) is 0 Å². The average Bonchev–Trinajstić information content (AvgIpc) is 3.14. The van der Waals surface area contributed by atoms with E-state index in [4.69, 9.17) is 0 Å². The van der Waals surface area contributed by atoms with E-state index in [9.17, 15) is 29.4 Å². The van der Waals surface area contributed by atoms with Gasteiger partial charge in [-0.05, 0) is 86.8 Å². The van der Waals surface area contributed by atoms with Crippen molar-refractivity contribution >= 4 is 23.6 Å². The van der Waals surface area contributed by atoms with Crippen molar-refractivity contribution in [2.75, 3.05) is 0 Å². The van der Waals surface area contributed by atoms with E-state index < -0.39 is 11.8 Å². The van der Waals surface area contributed by atoms with Crippen molar-refractivity contribution in [3.05, 3.63) is 58.7 Å². The van der Waals surface area contributed by atoms with Gasteiger partial charge in [-0.15, -0.1) is 0 Å². The maximum atomic E-state index is 13.1. The number of aryl methyl sites for hydroxylation is 2. The number of phenols is 2. The Balaban J connectivity index is 1.83. The fourth-order valence-electron chi connectivity index (χ4n) is 6.52. The van der Waals surface area contributed by atoms with Gasteiger partial charge in [0.15, 0.2) is 0 Å². The lowest BCUT2D eigenvalue weighted by Gasteiger charge is -2.19. The third kappa shape index (κ3) is 16.5. The molecule has 0 heterocycles. The summed E-state index contributed by atoms with van der Waals surface area (Å²) in [5, 5.41) is 20.7. The maximum Gasteiger partial charge on any atom is 0.273 e. The van der Waals surface area contributed by atoms with Gasteiger partial charge in [0, 0.05) is 11.8 Å². The molecule has 10 nitrogen and oxygen atoms in total. The first kappa shape index (κ1) is 44.1. The summed E-state index contributed by atoms with van der Waals surface area (Å²) in [6.45, 7) is 8.27. The topological polar surface area (TPSA) is 157 Å². The fourth-order valence-corrected chi connectivity index (χ4v) is 6.52. The van der Waals surface area contributed by atoms with Gasteiger partial charge in [0.05, 0.1) is 11.1 Å².